The number of rotatable bonds is 7. The predicted octanol–water partition coefficient (Wildman–Crippen LogP) is 3.03. The largest absolute Gasteiger partial charge is 0.394 e. The average Bonchev–Trinajstić information content (AvgIpc) is 3.54. The smallest absolute Gasteiger partial charge is 0.240 e. The summed E-state index contributed by atoms with van der Waals surface area (Å²) < 4.78 is 5.39. The summed E-state index contributed by atoms with van der Waals surface area (Å²) in [5.74, 6) is 0.206. The first-order valence-electron chi connectivity index (χ1n) is 10.6. The molecular weight excluding hydrogens is 404 g/mol. The number of aliphatic hydroxyl groups excluding tert-OH is 1. The van der Waals surface area contributed by atoms with E-state index in [1.165, 1.54) is 5.56 Å². The molecule has 162 valence electrons. The Morgan fingerprint density at radius 2 is 1.81 bits per heavy atom. The number of aromatic nitrogens is 7. The first-order chi connectivity index (χ1) is 15.7. The zero-order valence-electron chi connectivity index (χ0n) is 17.7. The Kier molecular flexibility index (Phi) is 5.16. The zero-order valence-corrected chi connectivity index (χ0v) is 17.7. The topological polar surface area (TPSA) is 112 Å². The van der Waals surface area contributed by atoms with Crippen LogP contribution in [0.4, 0.5) is 5.95 Å². The van der Waals surface area contributed by atoms with Crippen LogP contribution in [-0.2, 0) is 6.54 Å². The number of nitrogens with zero attached hydrogens (tertiary/aromatic N) is 7. The molecule has 0 amide bonds. The molecule has 9 heteroatoms. The summed E-state index contributed by atoms with van der Waals surface area (Å²) in [7, 11) is 0. The van der Waals surface area contributed by atoms with Gasteiger partial charge in [-0.1, -0.05) is 37.3 Å². The molecule has 3 N–H and O–H groups in total. The molecule has 0 fully saturated rings. The van der Waals surface area contributed by atoms with E-state index in [-0.39, 0.29) is 18.6 Å². The van der Waals surface area contributed by atoms with Crippen LogP contribution in [0, 0.1) is 0 Å². The molecule has 4 aromatic heterocycles. The van der Waals surface area contributed by atoms with Crippen LogP contribution in [0.25, 0.3) is 27.9 Å². The lowest BCUT2D eigenvalue weighted by molar-refractivity contribution is 0.269. The second kappa shape index (κ2) is 8.27. The Labute approximate surface area is 184 Å². The van der Waals surface area contributed by atoms with E-state index in [0.717, 1.165) is 28.7 Å². The number of aliphatic hydroxyl groups is 1. The van der Waals surface area contributed by atoms with E-state index in [2.05, 4.69) is 63.7 Å². The molecule has 0 saturated carbocycles. The average molecular weight is 429 g/mol. The van der Waals surface area contributed by atoms with Crippen LogP contribution in [0.1, 0.15) is 24.9 Å². The maximum absolute atomic E-state index is 9.20. The third kappa shape index (κ3) is 3.63. The summed E-state index contributed by atoms with van der Waals surface area (Å²) in [5, 5.41) is 22.5. The molecule has 0 radical (unpaired) electrons. The summed E-state index contributed by atoms with van der Waals surface area (Å²) >= 11 is 0. The fourth-order valence-electron chi connectivity index (χ4n) is 4.01. The van der Waals surface area contributed by atoms with Crippen molar-refractivity contribution < 1.29 is 5.11 Å². The minimum Gasteiger partial charge on any atom is -0.394 e. The highest BCUT2D eigenvalue weighted by molar-refractivity contribution is 5.81. The van der Waals surface area contributed by atoms with Crippen molar-refractivity contribution in [2.75, 3.05) is 12.3 Å². The molecule has 0 saturated heterocycles. The van der Waals surface area contributed by atoms with Crippen molar-refractivity contribution in [3.8, 4) is 22.3 Å². The molecule has 9 nitrogen and oxygen atoms in total. The molecule has 1 atom stereocenters. The highest BCUT2D eigenvalue weighted by atomic mass is 16.3. The Hall–Kier alpha value is -3.98. The molecule has 0 bridgehead atoms. The summed E-state index contributed by atoms with van der Waals surface area (Å²) in [6.07, 6.45) is 10.4. The van der Waals surface area contributed by atoms with E-state index < -0.39 is 0 Å². The van der Waals surface area contributed by atoms with E-state index in [1.807, 2.05) is 29.3 Å². The van der Waals surface area contributed by atoms with Gasteiger partial charge in [0.2, 0.25) is 5.95 Å². The first-order valence-corrected chi connectivity index (χ1v) is 10.6. The molecule has 5 rings (SSSR count). The fraction of sp³-hybridized carbons (Fsp3) is 0.217. The van der Waals surface area contributed by atoms with Crippen LogP contribution >= 0.6 is 0 Å². The van der Waals surface area contributed by atoms with E-state index in [1.54, 1.807) is 15.4 Å². The van der Waals surface area contributed by atoms with Crippen LogP contribution in [0.2, 0.25) is 0 Å². The van der Waals surface area contributed by atoms with E-state index in [9.17, 15) is 5.11 Å². The second-order valence-electron chi connectivity index (χ2n) is 7.64. The number of pyridine rings is 1. The molecule has 0 aliphatic rings. The van der Waals surface area contributed by atoms with Gasteiger partial charge in [-0.3, -0.25) is 9.36 Å². The maximum Gasteiger partial charge on any atom is 0.240 e. The van der Waals surface area contributed by atoms with Crippen LogP contribution < -0.4 is 5.73 Å². The Morgan fingerprint density at radius 1 is 1.00 bits per heavy atom. The highest BCUT2D eigenvalue weighted by Crippen LogP contribution is 2.31. The van der Waals surface area contributed by atoms with Gasteiger partial charge in [-0.05, 0) is 18.1 Å². The van der Waals surface area contributed by atoms with Crippen LogP contribution in [-0.4, -0.2) is 45.9 Å². The molecule has 1 aromatic carbocycles. The molecule has 0 spiro atoms. The zero-order chi connectivity index (χ0) is 22.1. The first kappa shape index (κ1) is 20.0. The van der Waals surface area contributed by atoms with Gasteiger partial charge in [0, 0.05) is 40.8 Å². The van der Waals surface area contributed by atoms with Crippen LogP contribution in [0.3, 0.4) is 0 Å². The van der Waals surface area contributed by atoms with Gasteiger partial charge in [-0.25, -0.2) is 4.52 Å². The van der Waals surface area contributed by atoms with Crippen LogP contribution in [0.15, 0.2) is 67.4 Å². The molecule has 4 heterocycles. The van der Waals surface area contributed by atoms with Crippen molar-refractivity contribution in [3.05, 3.63) is 72.9 Å². The van der Waals surface area contributed by atoms with Gasteiger partial charge in [0.05, 0.1) is 31.6 Å². The van der Waals surface area contributed by atoms with Gasteiger partial charge in [0.25, 0.3) is 0 Å². The quantitative estimate of drug-likeness (QED) is 0.412. The van der Waals surface area contributed by atoms with E-state index in [4.69, 9.17) is 5.73 Å². The minimum absolute atomic E-state index is 0.0215. The number of hydrogen-bond acceptors (Lipinski definition) is 6. The Bertz CT molecular complexity index is 1350. The normalized spacial score (nSPS) is 12.4. The molecule has 0 aliphatic heterocycles. The number of nitrogens with two attached hydrogens (primary N) is 1. The van der Waals surface area contributed by atoms with Crippen LogP contribution in [0.5, 0.6) is 0 Å². The van der Waals surface area contributed by atoms with Gasteiger partial charge in [0.15, 0.2) is 5.65 Å². The highest BCUT2D eigenvalue weighted by Gasteiger charge is 2.17. The molecule has 5 aromatic rings. The Morgan fingerprint density at radius 3 is 2.59 bits per heavy atom. The van der Waals surface area contributed by atoms with Gasteiger partial charge < -0.3 is 10.8 Å². The number of fused-ring (bicyclic) bond motifs is 1. The van der Waals surface area contributed by atoms with Gasteiger partial charge in [-0.2, -0.15) is 15.2 Å². The summed E-state index contributed by atoms with van der Waals surface area (Å²) in [6, 6.07) is 12.6. The maximum atomic E-state index is 9.20. The third-order valence-electron chi connectivity index (χ3n) is 5.55. The minimum atomic E-state index is 0.0215. The third-order valence-corrected chi connectivity index (χ3v) is 5.55. The standard InChI is InChI=1S/C23H24N8O/c1-2-21(16-6-4-3-5-7-16)30-15-18(11-26-30)17-10-20(19-12-25-29(13-19)8-9-32)22-27-23(24)28-31(22)14-17/h3-7,10-15,21,32H,2,8-9H2,1H3,(H2,24,28). The van der Waals surface area contributed by atoms with Crippen molar-refractivity contribution >= 4 is 11.6 Å². The van der Waals surface area contributed by atoms with Crippen molar-refractivity contribution in [1.29, 1.82) is 0 Å². The molecule has 0 aliphatic carbocycles. The predicted molar refractivity (Wildman–Crippen MR) is 122 cm³/mol. The Balaban J connectivity index is 1.58. The number of anilines is 1. The lowest BCUT2D eigenvalue weighted by atomic mass is 10.0. The van der Waals surface area contributed by atoms with Crippen molar-refractivity contribution in [3.63, 3.8) is 0 Å². The number of hydrogen-bond donors (Lipinski definition) is 2. The SMILES string of the molecule is CCC(c1ccccc1)n1cc(-c2cc(-c3cnn(CCO)c3)c3nc(N)nn3c2)cn1. The van der Waals surface area contributed by atoms with E-state index in [0.29, 0.717) is 12.2 Å². The fourth-order valence-corrected chi connectivity index (χ4v) is 4.01. The second-order valence-corrected chi connectivity index (χ2v) is 7.64. The monoisotopic (exact) mass is 428 g/mol. The van der Waals surface area contributed by atoms with Gasteiger partial charge >= 0.3 is 0 Å². The van der Waals surface area contributed by atoms with Crippen molar-refractivity contribution in [1.82, 2.24) is 34.2 Å². The van der Waals surface area contributed by atoms with Gasteiger partial charge in [-0.15, -0.1) is 5.10 Å². The number of nitrogen functional groups attached to an aromatic ring is 1. The molecule has 1 unspecified atom stereocenters. The van der Waals surface area contributed by atoms with Gasteiger partial charge in [0.1, 0.15) is 0 Å². The summed E-state index contributed by atoms with van der Waals surface area (Å²) in [6.45, 7) is 2.61. The van der Waals surface area contributed by atoms with E-state index >= 15 is 0 Å². The van der Waals surface area contributed by atoms with Crippen molar-refractivity contribution in [2.45, 2.75) is 25.9 Å². The lowest BCUT2D eigenvalue weighted by Gasteiger charge is -2.15. The lowest BCUT2D eigenvalue weighted by Crippen LogP contribution is -2.09. The summed E-state index contributed by atoms with van der Waals surface area (Å²) in [4.78, 5) is 4.39. The molecule has 32 heavy (non-hydrogen) atoms. The van der Waals surface area contributed by atoms with Crippen molar-refractivity contribution in [2.24, 2.45) is 0 Å². The number of benzene rings is 1. The molecular formula is C23H24N8O. The summed E-state index contributed by atoms with van der Waals surface area (Å²) in [5.41, 5.74) is 11.4.